The maximum absolute atomic E-state index is 13.6. The summed E-state index contributed by atoms with van der Waals surface area (Å²) >= 11 is 0. The summed E-state index contributed by atoms with van der Waals surface area (Å²) in [6, 6.07) is 6.44. The number of carbonyl (C=O) groups excluding carboxylic acids is 2. The van der Waals surface area contributed by atoms with Gasteiger partial charge >= 0.3 is 0 Å². The van der Waals surface area contributed by atoms with E-state index >= 15 is 0 Å². The molecule has 2 amide bonds. The van der Waals surface area contributed by atoms with Gasteiger partial charge in [-0.2, -0.15) is 0 Å². The number of nitrogens with zero attached hydrogens (tertiary/aromatic N) is 3. The van der Waals surface area contributed by atoms with E-state index < -0.39 is 6.04 Å². The van der Waals surface area contributed by atoms with Crippen molar-refractivity contribution in [1.29, 1.82) is 0 Å². The molecule has 31 heavy (non-hydrogen) atoms. The van der Waals surface area contributed by atoms with E-state index in [9.17, 15) is 14.4 Å². The van der Waals surface area contributed by atoms with E-state index in [1.54, 1.807) is 35.1 Å². The normalized spacial score (nSPS) is 24.8. The lowest BCUT2D eigenvalue weighted by molar-refractivity contribution is -0.143. The number of fused-ring (bicyclic) bond motifs is 4. The largest absolute Gasteiger partial charge is 0.472 e. The van der Waals surface area contributed by atoms with E-state index in [4.69, 9.17) is 4.42 Å². The zero-order valence-corrected chi connectivity index (χ0v) is 17.6. The van der Waals surface area contributed by atoms with Crippen molar-refractivity contribution in [1.82, 2.24) is 14.4 Å². The molecule has 0 unspecified atom stereocenters. The smallest absolute Gasteiger partial charge is 0.251 e. The minimum atomic E-state index is -0.603. The number of aromatic nitrogens is 1. The highest BCUT2D eigenvalue weighted by Crippen LogP contribution is 2.42. The van der Waals surface area contributed by atoms with Crippen LogP contribution in [0.25, 0.3) is 0 Å². The number of likely N-dealkylation sites (tertiary alicyclic amines) is 1. The van der Waals surface area contributed by atoms with Crippen molar-refractivity contribution in [2.45, 2.75) is 37.8 Å². The Morgan fingerprint density at radius 2 is 1.97 bits per heavy atom. The van der Waals surface area contributed by atoms with Gasteiger partial charge in [-0.05, 0) is 31.4 Å². The summed E-state index contributed by atoms with van der Waals surface area (Å²) in [6.45, 7) is 1.54. The summed E-state index contributed by atoms with van der Waals surface area (Å²) in [5.74, 6) is 0.0771. The number of hydrogen-bond donors (Lipinski definition) is 0. The first-order chi connectivity index (χ1) is 15.0. The van der Waals surface area contributed by atoms with Crippen molar-refractivity contribution in [3.63, 3.8) is 0 Å². The topological polar surface area (TPSA) is 75.8 Å². The van der Waals surface area contributed by atoms with Crippen LogP contribution in [0, 0.1) is 11.8 Å². The molecule has 4 heterocycles. The number of pyridine rings is 1. The Morgan fingerprint density at radius 1 is 1.16 bits per heavy atom. The molecular formula is C24H27N3O4. The van der Waals surface area contributed by atoms with Gasteiger partial charge in [0.25, 0.3) is 5.56 Å². The Kier molecular flexibility index (Phi) is 5.04. The van der Waals surface area contributed by atoms with Crippen LogP contribution in [0.5, 0.6) is 0 Å². The number of furan rings is 1. The molecular weight excluding hydrogens is 394 g/mol. The fraction of sp³-hybridized carbons (Fsp3) is 0.458. The predicted molar refractivity (Wildman–Crippen MR) is 114 cm³/mol. The molecule has 7 nitrogen and oxygen atoms in total. The average molecular weight is 421 g/mol. The van der Waals surface area contributed by atoms with Gasteiger partial charge in [0.15, 0.2) is 0 Å². The van der Waals surface area contributed by atoms with Crippen LogP contribution in [0.4, 0.5) is 0 Å². The molecule has 3 atom stereocenters. The molecule has 162 valence electrons. The Hall–Kier alpha value is -3.09. The van der Waals surface area contributed by atoms with E-state index in [-0.39, 0.29) is 35.1 Å². The molecule has 0 radical (unpaired) electrons. The number of rotatable bonds is 4. The summed E-state index contributed by atoms with van der Waals surface area (Å²) in [6.07, 6.45) is 9.73. The lowest BCUT2D eigenvalue weighted by Gasteiger charge is -2.47. The molecule has 1 saturated heterocycles. The zero-order chi connectivity index (χ0) is 21.5. The van der Waals surface area contributed by atoms with Crippen LogP contribution in [0.15, 0.2) is 58.2 Å². The molecule has 0 N–H and O–H groups in total. The van der Waals surface area contributed by atoms with Crippen LogP contribution in [-0.4, -0.2) is 46.3 Å². The highest BCUT2D eigenvalue weighted by atomic mass is 16.3. The first-order valence-electron chi connectivity index (χ1n) is 10.9. The van der Waals surface area contributed by atoms with Gasteiger partial charge < -0.3 is 14.2 Å². The summed E-state index contributed by atoms with van der Waals surface area (Å²) in [5.41, 5.74) is 1.61. The third-order valence-electron chi connectivity index (χ3n) is 6.95. The minimum absolute atomic E-state index is 0.00899. The number of amides is 2. The Bertz CT molecular complexity index is 1060. The molecule has 0 spiro atoms. The van der Waals surface area contributed by atoms with Crippen LogP contribution < -0.4 is 5.56 Å². The van der Waals surface area contributed by atoms with Crippen molar-refractivity contribution in [2.24, 2.45) is 11.8 Å². The van der Waals surface area contributed by atoms with Crippen molar-refractivity contribution in [3.8, 4) is 0 Å². The minimum Gasteiger partial charge on any atom is -0.472 e. The van der Waals surface area contributed by atoms with Gasteiger partial charge in [-0.25, -0.2) is 0 Å². The molecule has 2 aromatic heterocycles. The zero-order valence-electron chi connectivity index (χ0n) is 17.6. The Balaban J connectivity index is 1.47. The van der Waals surface area contributed by atoms with Gasteiger partial charge in [0.1, 0.15) is 6.04 Å². The van der Waals surface area contributed by atoms with Crippen LogP contribution in [-0.2, 0) is 16.1 Å². The fourth-order valence-corrected chi connectivity index (χ4v) is 5.47. The van der Waals surface area contributed by atoms with Crippen LogP contribution in [0.1, 0.15) is 42.5 Å². The van der Waals surface area contributed by atoms with E-state index in [1.807, 2.05) is 17.0 Å². The third kappa shape index (κ3) is 3.52. The highest BCUT2D eigenvalue weighted by molar-refractivity contribution is 5.82. The van der Waals surface area contributed by atoms with Crippen LogP contribution in [0.3, 0.4) is 0 Å². The van der Waals surface area contributed by atoms with E-state index in [2.05, 4.69) is 12.2 Å². The average Bonchev–Trinajstić information content (AvgIpc) is 3.48. The van der Waals surface area contributed by atoms with E-state index in [0.717, 1.165) is 30.5 Å². The molecule has 1 aliphatic carbocycles. The van der Waals surface area contributed by atoms with Crippen LogP contribution >= 0.6 is 0 Å². The standard InChI is InChI=1S/C24H27N3O4/c1-25(12-16-9-10-31-15-16)24(30)22-19-11-18(20-7-4-8-21(28)27(20)22)13-26(14-19)23(29)17-5-2-3-6-17/h2-4,7-10,15,17-19,22H,5-6,11-14H2,1H3/t18-,19+,22+/m0/s1. The molecule has 1 fully saturated rings. The molecule has 2 bridgehead atoms. The van der Waals surface area contributed by atoms with Gasteiger partial charge in [0.2, 0.25) is 11.8 Å². The lowest BCUT2D eigenvalue weighted by Crippen LogP contribution is -2.55. The first kappa shape index (κ1) is 19.8. The number of likely N-dealkylation sites (N-methyl/N-ethyl adjacent to an activating group) is 1. The van der Waals surface area contributed by atoms with Crippen LogP contribution in [0.2, 0.25) is 0 Å². The maximum Gasteiger partial charge on any atom is 0.251 e. The van der Waals surface area contributed by atoms with Gasteiger partial charge in [-0.15, -0.1) is 0 Å². The summed E-state index contributed by atoms with van der Waals surface area (Å²) in [4.78, 5) is 43.2. The number of allylic oxidation sites excluding steroid dienone is 2. The summed E-state index contributed by atoms with van der Waals surface area (Å²) in [5, 5.41) is 0. The molecule has 3 aliphatic rings. The van der Waals surface area contributed by atoms with Crippen molar-refractivity contribution >= 4 is 11.8 Å². The van der Waals surface area contributed by atoms with Crippen molar-refractivity contribution < 1.29 is 14.0 Å². The lowest BCUT2D eigenvalue weighted by atomic mass is 9.77. The molecule has 0 saturated carbocycles. The first-order valence-corrected chi connectivity index (χ1v) is 10.9. The summed E-state index contributed by atoms with van der Waals surface area (Å²) < 4.78 is 6.81. The second kappa shape index (κ2) is 7.87. The highest BCUT2D eigenvalue weighted by Gasteiger charge is 2.46. The maximum atomic E-state index is 13.6. The predicted octanol–water partition coefficient (Wildman–Crippen LogP) is 2.55. The fourth-order valence-electron chi connectivity index (χ4n) is 5.47. The quantitative estimate of drug-likeness (QED) is 0.711. The van der Waals surface area contributed by atoms with Gasteiger partial charge in [0.05, 0.1) is 12.5 Å². The molecule has 2 aromatic rings. The van der Waals surface area contributed by atoms with Gasteiger partial charge in [-0.1, -0.05) is 18.2 Å². The monoisotopic (exact) mass is 421 g/mol. The Labute approximate surface area is 180 Å². The Morgan fingerprint density at radius 3 is 2.71 bits per heavy atom. The number of piperidine rings is 1. The van der Waals surface area contributed by atoms with E-state index in [1.165, 1.54) is 6.07 Å². The van der Waals surface area contributed by atoms with Gasteiger partial charge in [0, 0.05) is 61.8 Å². The molecule has 0 aromatic carbocycles. The molecule has 5 rings (SSSR count). The van der Waals surface area contributed by atoms with E-state index in [0.29, 0.717) is 19.6 Å². The third-order valence-corrected chi connectivity index (χ3v) is 6.95. The number of hydrogen-bond acceptors (Lipinski definition) is 4. The molecule has 2 aliphatic heterocycles. The summed E-state index contributed by atoms with van der Waals surface area (Å²) in [7, 11) is 1.75. The second-order valence-corrected chi connectivity index (χ2v) is 9.01. The molecule has 7 heteroatoms. The number of carbonyl (C=O) groups is 2. The van der Waals surface area contributed by atoms with Crippen molar-refractivity contribution in [3.05, 3.63) is 70.6 Å². The second-order valence-electron chi connectivity index (χ2n) is 9.01. The van der Waals surface area contributed by atoms with Gasteiger partial charge in [-0.3, -0.25) is 19.0 Å². The SMILES string of the molecule is CN(Cc1ccoc1)C(=O)[C@H]1[C@@H]2C[C@@H](CN(C(=O)C3CC=CC3)C2)c2cccc(=O)n21. The van der Waals surface area contributed by atoms with Crippen molar-refractivity contribution in [2.75, 3.05) is 20.1 Å².